The molecule has 57 heavy (non-hydrogen) atoms. The zero-order valence-corrected chi connectivity index (χ0v) is 37.3. The number of nitrogens with zero attached hydrogens (tertiary/aromatic N) is 2. The summed E-state index contributed by atoms with van der Waals surface area (Å²) in [5, 5.41) is 9.69. The van der Waals surface area contributed by atoms with E-state index in [9.17, 15) is 14.7 Å². The molecule has 2 heterocycles. The van der Waals surface area contributed by atoms with Crippen LogP contribution in [0.5, 0.6) is 0 Å². The summed E-state index contributed by atoms with van der Waals surface area (Å²) in [5.41, 5.74) is 0.332. The first kappa shape index (κ1) is 41.1. The number of likely N-dealkylation sites (tertiary alicyclic amines) is 1. The highest BCUT2D eigenvalue weighted by Crippen LogP contribution is 2.78. The van der Waals surface area contributed by atoms with Crippen molar-refractivity contribution < 1.29 is 28.6 Å². The molecule has 0 spiro atoms. The molecular formula is C49H74N2O6. The van der Waals surface area contributed by atoms with Gasteiger partial charge in [0.05, 0.1) is 23.4 Å². The van der Waals surface area contributed by atoms with E-state index in [1.165, 1.54) is 12.0 Å². The Bertz CT molecular complexity index is 1820. The van der Waals surface area contributed by atoms with Gasteiger partial charge in [-0.2, -0.15) is 0 Å². The number of carboxylic acid groups (broad SMARTS) is 1. The normalized spacial score (nSPS) is 44.5. The van der Waals surface area contributed by atoms with Crippen molar-refractivity contribution in [1.29, 1.82) is 0 Å². The number of oxazole rings is 1. The molecule has 0 radical (unpaired) electrons. The van der Waals surface area contributed by atoms with Gasteiger partial charge in [0.25, 0.3) is 0 Å². The summed E-state index contributed by atoms with van der Waals surface area (Å²) >= 11 is 0. The third-order valence-corrected chi connectivity index (χ3v) is 19.6. The van der Waals surface area contributed by atoms with Gasteiger partial charge in [0.2, 0.25) is 11.8 Å². The molecule has 1 N–H and O–H groups in total. The van der Waals surface area contributed by atoms with E-state index in [4.69, 9.17) is 14.1 Å². The number of carbonyl (C=O) groups excluding carboxylic acids is 2. The largest absolute Gasteiger partial charge is 0.481 e. The number of fused-ring (bicyclic) bond motifs is 7. The fourth-order valence-electron chi connectivity index (χ4n) is 16.0. The number of carbonyl (C=O) groups is 3. The summed E-state index contributed by atoms with van der Waals surface area (Å²) in [6.07, 6.45) is 14.5. The molecule has 8 nitrogen and oxygen atoms in total. The van der Waals surface area contributed by atoms with Crippen molar-refractivity contribution in [1.82, 2.24) is 9.88 Å². The maximum atomic E-state index is 15.4. The van der Waals surface area contributed by atoms with Crippen molar-refractivity contribution in [2.75, 3.05) is 6.54 Å². The lowest BCUT2D eigenvalue weighted by atomic mass is 9.32. The number of hydrogen-bond donors (Lipinski definition) is 1. The number of amides is 1. The first-order chi connectivity index (χ1) is 26.4. The van der Waals surface area contributed by atoms with Gasteiger partial charge in [-0.15, -0.1) is 0 Å². The number of carboxylic acids is 1. The van der Waals surface area contributed by atoms with Gasteiger partial charge >= 0.3 is 11.9 Å². The number of hydrogen-bond acceptors (Lipinski definition) is 6. The van der Waals surface area contributed by atoms with Crippen LogP contribution >= 0.6 is 0 Å². The zero-order chi connectivity index (χ0) is 41.5. The Morgan fingerprint density at radius 2 is 1.58 bits per heavy atom. The van der Waals surface area contributed by atoms with Crippen LogP contribution in [-0.4, -0.2) is 45.5 Å². The smallest absolute Gasteiger partial charge is 0.309 e. The Morgan fingerprint density at radius 1 is 0.860 bits per heavy atom. The minimum absolute atomic E-state index is 0.0936. The number of ether oxygens (including phenoxy) is 1. The molecule has 7 aliphatic rings. The van der Waals surface area contributed by atoms with Gasteiger partial charge in [-0.1, -0.05) is 81.4 Å². The first-order valence-electron chi connectivity index (χ1n) is 22.8. The second-order valence-electron chi connectivity index (χ2n) is 23.6. The summed E-state index contributed by atoms with van der Waals surface area (Å²) in [4.78, 5) is 47.9. The lowest BCUT2D eigenvalue weighted by Crippen LogP contribution is -2.67. The average molecular weight is 787 g/mol. The monoisotopic (exact) mass is 787 g/mol. The van der Waals surface area contributed by atoms with Crippen molar-refractivity contribution in [3.8, 4) is 0 Å². The van der Waals surface area contributed by atoms with Gasteiger partial charge in [-0.25, -0.2) is 4.98 Å². The predicted molar refractivity (Wildman–Crippen MR) is 221 cm³/mol. The molecule has 0 aromatic carbocycles. The molecule has 7 fully saturated rings. The van der Waals surface area contributed by atoms with E-state index in [2.05, 4.69) is 73.8 Å². The van der Waals surface area contributed by atoms with Crippen molar-refractivity contribution in [3.63, 3.8) is 0 Å². The molecule has 316 valence electrons. The minimum Gasteiger partial charge on any atom is -0.481 e. The predicted octanol–water partition coefficient (Wildman–Crippen LogP) is 11.0. The first-order valence-corrected chi connectivity index (χ1v) is 22.8. The number of aromatic nitrogens is 1. The molecule has 1 aromatic rings. The van der Waals surface area contributed by atoms with Crippen LogP contribution in [0.25, 0.3) is 0 Å². The molecule has 13 atom stereocenters. The van der Waals surface area contributed by atoms with Gasteiger partial charge in [0.1, 0.15) is 17.9 Å². The average Bonchev–Trinajstić information content (AvgIpc) is 3.88. The second kappa shape index (κ2) is 13.2. The number of esters is 1. The minimum atomic E-state index is -0.817. The summed E-state index contributed by atoms with van der Waals surface area (Å²) < 4.78 is 12.9. The van der Waals surface area contributed by atoms with Crippen LogP contribution in [0.15, 0.2) is 22.8 Å². The van der Waals surface area contributed by atoms with Gasteiger partial charge in [-0.05, 0) is 142 Å². The second-order valence-corrected chi connectivity index (χ2v) is 23.6. The topological polar surface area (TPSA) is 110 Å². The van der Waals surface area contributed by atoms with E-state index in [1.807, 2.05) is 20.0 Å². The fourth-order valence-corrected chi connectivity index (χ4v) is 16.0. The molecule has 6 saturated carbocycles. The third kappa shape index (κ3) is 5.68. The van der Waals surface area contributed by atoms with Crippen LogP contribution in [0.1, 0.15) is 177 Å². The Balaban J connectivity index is 1.05. The quantitative estimate of drug-likeness (QED) is 0.226. The Labute approximate surface area is 343 Å². The lowest BCUT2D eigenvalue weighted by molar-refractivity contribution is -0.251. The van der Waals surface area contributed by atoms with Crippen molar-refractivity contribution in [2.45, 2.75) is 177 Å². The molecule has 1 amide bonds. The summed E-state index contributed by atoms with van der Waals surface area (Å²) in [6, 6.07) is -0.0936. The SMILES string of the molecule is C=C(C)[C@@H]1CC[C@]2(C(=O)N3CCC[C@H]3c3ncc(C(C)(C)C)o3)CC[C@]3(C)[C@H](CCC4[C@@]5(C)CC[C@H](OC(=O)[C@H]6C[C@@H](C(=O)O)C6(C)C)C(C)(C)C5CC[C@]43C)C12. The number of rotatable bonds is 6. The highest BCUT2D eigenvalue weighted by Gasteiger charge is 2.72. The maximum absolute atomic E-state index is 15.4. The molecule has 3 unspecified atom stereocenters. The molecule has 0 bridgehead atoms. The van der Waals surface area contributed by atoms with Crippen LogP contribution < -0.4 is 0 Å². The van der Waals surface area contributed by atoms with Crippen LogP contribution in [0.4, 0.5) is 0 Å². The van der Waals surface area contributed by atoms with Crippen LogP contribution in [0.2, 0.25) is 0 Å². The van der Waals surface area contributed by atoms with E-state index >= 15 is 4.79 Å². The molecule has 6 aliphatic carbocycles. The number of aliphatic carboxylic acids is 1. The van der Waals surface area contributed by atoms with E-state index in [0.29, 0.717) is 47.8 Å². The van der Waals surface area contributed by atoms with Crippen molar-refractivity contribution in [3.05, 3.63) is 30.0 Å². The Morgan fingerprint density at radius 3 is 2.21 bits per heavy atom. The van der Waals surface area contributed by atoms with E-state index in [0.717, 1.165) is 82.9 Å². The summed E-state index contributed by atoms with van der Waals surface area (Å²) in [7, 11) is 0. The number of allylic oxidation sites excluding steroid dienone is 1. The summed E-state index contributed by atoms with van der Waals surface area (Å²) in [5.74, 6) is 2.16. The van der Waals surface area contributed by atoms with Gasteiger partial charge in [-0.3, -0.25) is 14.4 Å². The molecule has 8 rings (SSSR count). The van der Waals surface area contributed by atoms with Crippen molar-refractivity contribution in [2.24, 2.45) is 73.9 Å². The molecule has 1 saturated heterocycles. The zero-order valence-electron chi connectivity index (χ0n) is 37.3. The fraction of sp³-hybridized carbons (Fsp3) is 0.837. The standard InChI is InChI=1S/C49H74N2O6/c1-28(2)29-17-22-49(42(55)51-25-13-14-33(51)39-50-27-37(56-39)43(3,4)5)24-23-47(11)30(38(29)49)15-16-35-46(10)20-19-36(45(8,9)34(46)18-21-48(35,47)12)57-41(54)32-26-31(40(52)53)44(32,6)7/h27,29-36,38H,1,13-26H2,2-12H3,(H,52,53)/t29-,30+,31-,32+,33-,34?,35?,36-,38?,46-,47+,48+,49-/m0/s1. The van der Waals surface area contributed by atoms with Crippen molar-refractivity contribution >= 4 is 17.8 Å². The van der Waals surface area contributed by atoms with Gasteiger partial charge in [0, 0.05) is 17.4 Å². The molecular weight excluding hydrogens is 713 g/mol. The Kier molecular flexibility index (Phi) is 9.50. The maximum Gasteiger partial charge on any atom is 0.309 e. The van der Waals surface area contributed by atoms with Crippen LogP contribution in [-0.2, 0) is 24.5 Å². The van der Waals surface area contributed by atoms with Gasteiger partial charge < -0.3 is 19.2 Å². The molecule has 1 aliphatic heterocycles. The van der Waals surface area contributed by atoms with Crippen LogP contribution in [0.3, 0.4) is 0 Å². The lowest BCUT2D eigenvalue weighted by Gasteiger charge is -2.73. The summed E-state index contributed by atoms with van der Waals surface area (Å²) in [6.45, 7) is 30.4. The van der Waals surface area contributed by atoms with E-state index < -0.39 is 17.3 Å². The molecule has 1 aromatic heterocycles. The van der Waals surface area contributed by atoms with E-state index in [1.54, 1.807) is 0 Å². The van der Waals surface area contributed by atoms with Crippen LogP contribution in [0, 0.1) is 73.9 Å². The third-order valence-electron chi connectivity index (χ3n) is 19.6. The van der Waals surface area contributed by atoms with Gasteiger partial charge in [0.15, 0.2) is 0 Å². The highest BCUT2D eigenvalue weighted by atomic mass is 16.5. The Hall–Kier alpha value is -2.64. The highest BCUT2D eigenvalue weighted by molar-refractivity contribution is 5.85. The molecule has 8 heteroatoms. The van der Waals surface area contributed by atoms with E-state index in [-0.39, 0.29) is 56.5 Å².